The first kappa shape index (κ1) is 27.6. The Labute approximate surface area is 220 Å². The molecule has 0 aliphatic carbocycles. The van der Waals surface area contributed by atoms with Gasteiger partial charge in [0.25, 0.3) is 0 Å². The number of rotatable bonds is 12. The highest BCUT2D eigenvalue weighted by molar-refractivity contribution is 6.02. The lowest BCUT2D eigenvalue weighted by molar-refractivity contribution is -0.146. The average molecular weight is 514 g/mol. The van der Waals surface area contributed by atoms with Crippen LogP contribution < -0.4 is 10.6 Å². The van der Waals surface area contributed by atoms with E-state index in [0.717, 1.165) is 38.5 Å². The molecule has 3 aliphatic heterocycles. The minimum atomic E-state index is -1.02. The maximum atomic E-state index is 14.1. The van der Waals surface area contributed by atoms with Gasteiger partial charge in [-0.25, -0.2) is 0 Å². The van der Waals surface area contributed by atoms with E-state index in [0.29, 0.717) is 18.7 Å². The van der Waals surface area contributed by atoms with Crippen LogP contribution in [0.25, 0.3) is 0 Å². The molecule has 8 nitrogen and oxygen atoms in total. The van der Waals surface area contributed by atoms with Gasteiger partial charge in [-0.2, -0.15) is 0 Å². The van der Waals surface area contributed by atoms with Crippen LogP contribution in [-0.2, 0) is 19.1 Å². The van der Waals surface area contributed by atoms with Crippen LogP contribution in [-0.4, -0.2) is 64.2 Å². The molecule has 0 saturated carbocycles. The summed E-state index contributed by atoms with van der Waals surface area (Å²) in [5, 5.41) is 15.2. The van der Waals surface area contributed by atoms with Crippen molar-refractivity contribution in [3.8, 4) is 0 Å². The molecule has 3 amide bonds. The standard InChI is InChI=1S/C29H43N3O5/c1-5-13-20(3)30-26(35)24-29-18-19(2)28(4,37-29)22(25(34)31-21-14-9-8-10-15-21)23(29)27(36)32(24)16-11-6-7-12-17-33/h8-10,14-15,19-20,22-24,33H,5-7,11-13,16-18H2,1-4H3,(H,30,35)(H,31,34)/t19?,20?,22-,23-,24?,28+,29?/m0/s1. The lowest BCUT2D eigenvalue weighted by Crippen LogP contribution is -2.57. The van der Waals surface area contributed by atoms with E-state index in [2.05, 4.69) is 24.5 Å². The number of ether oxygens (including phenoxy) is 1. The van der Waals surface area contributed by atoms with Gasteiger partial charge in [0.2, 0.25) is 17.7 Å². The summed E-state index contributed by atoms with van der Waals surface area (Å²) in [7, 11) is 0. The number of nitrogens with one attached hydrogen (secondary N) is 2. The number of fused-ring (bicyclic) bond motifs is 1. The molecule has 8 heteroatoms. The molecular formula is C29H43N3O5. The molecule has 0 radical (unpaired) electrons. The normalized spacial score (nSPS) is 32.9. The summed E-state index contributed by atoms with van der Waals surface area (Å²) >= 11 is 0. The van der Waals surface area contributed by atoms with Crippen molar-refractivity contribution in [3.05, 3.63) is 30.3 Å². The van der Waals surface area contributed by atoms with E-state index >= 15 is 0 Å². The second kappa shape index (κ2) is 11.1. The number of para-hydroxylation sites is 1. The van der Waals surface area contributed by atoms with Gasteiger partial charge in [0.1, 0.15) is 11.6 Å². The zero-order chi connectivity index (χ0) is 26.8. The first-order valence-electron chi connectivity index (χ1n) is 14.0. The third-order valence-corrected chi connectivity index (χ3v) is 8.80. The van der Waals surface area contributed by atoms with Crippen molar-refractivity contribution in [2.75, 3.05) is 18.5 Å². The molecular weight excluding hydrogens is 470 g/mol. The second-order valence-electron chi connectivity index (χ2n) is 11.4. The minimum absolute atomic E-state index is 0.0101. The van der Waals surface area contributed by atoms with E-state index in [1.165, 1.54) is 0 Å². The predicted octanol–water partition coefficient (Wildman–Crippen LogP) is 3.49. The maximum Gasteiger partial charge on any atom is 0.246 e. The Kier molecular flexibility index (Phi) is 8.29. The molecule has 4 rings (SSSR count). The van der Waals surface area contributed by atoms with Crippen LogP contribution in [0.3, 0.4) is 0 Å². The molecule has 3 saturated heterocycles. The van der Waals surface area contributed by atoms with Crippen molar-refractivity contribution >= 4 is 23.4 Å². The van der Waals surface area contributed by atoms with Gasteiger partial charge in [-0.1, -0.05) is 51.3 Å². The van der Waals surface area contributed by atoms with E-state index in [4.69, 9.17) is 9.84 Å². The molecule has 37 heavy (non-hydrogen) atoms. The Morgan fingerprint density at radius 2 is 1.86 bits per heavy atom. The van der Waals surface area contributed by atoms with Crippen molar-refractivity contribution in [1.82, 2.24) is 10.2 Å². The number of hydrogen-bond donors (Lipinski definition) is 3. The molecule has 204 valence electrons. The van der Waals surface area contributed by atoms with Gasteiger partial charge >= 0.3 is 0 Å². The van der Waals surface area contributed by atoms with Crippen LogP contribution in [0.1, 0.15) is 72.6 Å². The molecule has 3 heterocycles. The molecule has 1 aromatic rings. The van der Waals surface area contributed by atoms with E-state index in [1.807, 2.05) is 44.2 Å². The quantitative estimate of drug-likeness (QED) is 0.371. The summed E-state index contributed by atoms with van der Waals surface area (Å²) in [5.41, 5.74) is -1.18. The number of hydrogen-bond acceptors (Lipinski definition) is 5. The second-order valence-corrected chi connectivity index (χ2v) is 11.4. The lowest BCUT2D eigenvalue weighted by Gasteiger charge is -2.36. The largest absolute Gasteiger partial charge is 0.396 e. The molecule has 0 aromatic heterocycles. The highest BCUT2D eigenvalue weighted by Crippen LogP contribution is 2.65. The zero-order valence-electron chi connectivity index (χ0n) is 22.7. The molecule has 1 aromatic carbocycles. The molecule has 4 unspecified atom stereocenters. The Balaban J connectivity index is 1.66. The Morgan fingerprint density at radius 1 is 1.16 bits per heavy atom. The van der Waals surface area contributed by atoms with Gasteiger partial charge in [-0.15, -0.1) is 0 Å². The molecule has 3 N–H and O–H groups in total. The Morgan fingerprint density at radius 3 is 2.54 bits per heavy atom. The van der Waals surface area contributed by atoms with Gasteiger partial charge in [-0.3, -0.25) is 14.4 Å². The molecule has 2 bridgehead atoms. The van der Waals surface area contributed by atoms with Crippen LogP contribution in [0, 0.1) is 17.8 Å². The number of aliphatic hydroxyl groups is 1. The van der Waals surface area contributed by atoms with Crippen molar-refractivity contribution in [2.24, 2.45) is 17.8 Å². The fraction of sp³-hybridized carbons (Fsp3) is 0.690. The van der Waals surface area contributed by atoms with Gasteiger partial charge in [0, 0.05) is 24.9 Å². The van der Waals surface area contributed by atoms with E-state index < -0.39 is 29.1 Å². The summed E-state index contributed by atoms with van der Waals surface area (Å²) in [6.07, 6.45) is 5.54. The number of unbranched alkanes of at least 4 members (excludes halogenated alkanes) is 3. The van der Waals surface area contributed by atoms with Crippen LogP contribution in [0.5, 0.6) is 0 Å². The van der Waals surface area contributed by atoms with Crippen molar-refractivity contribution in [3.63, 3.8) is 0 Å². The monoisotopic (exact) mass is 513 g/mol. The van der Waals surface area contributed by atoms with Crippen LogP contribution in [0.4, 0.5) is 5.69 Å². The first-order valence-corrected chi connectivity index (χ1v) is 14.0. The van der Waals surface area contributed by atoms with Gasteiger partial charge in [0.15, 0.2) is 0 Å². The third-order valence-electron chi connectivity index (χ3n) is 8.80. The van der Waals surface area contributed by atoms with Gasteiger partial charge < -0.3 is 25.4 Å². The van der Waals surface area contributed by atoms with Crippen molar-refractivity contribution in [2.45, 2.75) is 95.9 Å². The zero-order valence-corrected chi connectivity index (χ0v) is 22.7. The topological polar surface area (TPSA) is 108 Å². The van der Waals surface area contributed by atoms with E-state index in [1.54, 1.807) is 4.90 Å². The van der Waals surface area contributed by atoms with Crippen molar-refractivity contribution < 1.29 is 24.2 Å². The van der Waals surface area contributed by atoms with Gasteiger partial charge in [-0.05, 0) is 57.6 Å². The SMILES string of the molecule is CCCC(C)NC(=O)C1N(CCCCCCO)C(=O)[C@@H]2[C@@H](C(=O)Nc3ccccc3)[C@]3(C)OC12CC3C. The highest BCUT2D eigenvalue weighted by Gasteiger charge is 2.79. The molecule has 3 aliphatic rings. The summed E-state index contributed by atoms with van der Waals surface area (Å²) in [4.78, 5) is 43.3. The summed E-state index contributed by atoms with van der Waals surface area (Å²) < 4.78 is 6.76. The third kappa shape index (κ3) is 4.90. The smallest absolute Gasteiger partial charge is 0.246 e. The van der Waals surface area contributed by atoms with Gasteiger partial charge in [0.05, 0.1) is 17.4 Å². The highest BCUT2D eigenvalue weighted by atomic mass is 16.5. The number of carbonyl (C=O) groups is 3. The number of carbonyl (C=O) groups excluding carboxylic acids is 3. The van der Waals surface area contributed by atoms with Crippen LogP contribution in [0.15, 0.2) is 30.3 Å². The number of aliphatic hydroxyl groups excluding tert-OH is 1. The molecule has 7 atom stereocenters. The predicted molar refractivity (Wildman–Crippen MR) is 142 cm³/mol. The number of benzene rings is 1. The Hall–Kier alpha value is -2.45. The van der Waals surface area contributed by atoms with E-state index in [-0.39, 0.29) is 36.3 Å². The van der Waals surface area contributed by atoms with E-state index in [9.17, 15) is 14.4 Å². The lowest BCUT2D eigenvalue weighted by atomic mass is 9.62. The molecule has 1 spiro atoms. The fourth-order valence-corrected chi connectivity index (χ4v) is 7.00. The number of nitrogens with zero attached hydrogens (tertiary/aromatic N) is 1. The summed E-state index contributed by atoms with van der Waals surface area (Å²) in [5.74, 6) is -1.96. The minimum Gasteiger partial charge on any atom is -0.396 e. The fourth-order valence-electron chi connectivity index (χ4n) is 7.00. The number of amides is 3. The number of anilines is 1. The summed E-state index contributed by atoms with van der Waals surface area (Å²) in [6.45, 7) is 8.64. The average Bonchev–Trinajstić information content (AvgIpc) is 3.36. The summed E-state index contributed by atoms with van der Waals surface area (Å²) in [6, 6.07) is 8.48. The van der Waals surface area contributed by atoms with Crippen LogP contribution in [0.2, 0.25) is 0 Å². The number of likely N-dealkylation sites (tertiary alicyclic amines) is 1. The van der Waals surface area contributed by atoms with Crippen LogP contribution >= 0.6 is 0 Å². The Bertz CT molecular complexity index is 987. The van der Waals surface area contributed by atoms with Crippen molar-refractivity contribution in [1.29, 1.82) is 0 Å². The molecule has 3 fully saturated rings. The first-order chi connectivity index (χ1) is 17.7. The maximum absolute atomic E-state index is 14.1.